The standard InChI is InChI=1S/C9H9NS.C4H8O2/c1-2-8(3-5-10)9-4-6-11-7-9;1-3-6-4(2)5/h2,4,6-8H,1,3H2;3H2,1-2H3. The van der Waals surface area contributed by atoms with Crippen molar-refractivity contribution in [3.8, 4) is 6.07 Å². The van der Waals surface area contributed by atoms with Crippen molar-refractivity contribution in [2.45, 2.75) is 26.2 Å². The molecular weight excluding hydrogens is 234 g/mol. The average molecular weight is 251 g/mol. The Balaban J connectivity index is 0.000000366. The van der Waals surface area contributed by atoms with Gasteiger partial charge in [0.2, 0.25) is 0 Å². The van der Waals surface area contributed by atoms with E-state index in [0.717, 1.165) is 0 Å². The number of carbonyl (C=O) groups is 1. The highest BCUT2D eigenvalue weighted by molar-refractivity contribution is 7.08. The Hall–Kier alpha value is -1.60. The van der Waals surface area contributed by atoms with Crippen LogP contribution in [0.15, 0.2) is 29.5 Å². The molecule has 1 aromatic rings. The number of allylic oxidation sites excluding steroid dienone is 1. The molecule has 0 spiro atoms. The van der Waals surface area contributed by atoms with E-state index in [2.05, 4.69) is 22.8 Å². The first-order valence-electron chi connectivity index (χ1n) is 5.30. The van der Waals surface area contributed by atoms with Gasteiger partial charge in [-0.05, 0) is 29.3 Å². The van der Waals surface area contributed by atoms with Gasteiger partial charge in [0.05, 0.1) is 12.7 Å². The largest absolute Gasteiger partial charge is 0.466 e. The van der Waals surface area contributed by atoms with Crippen LogP contribution in [-0.2, 0) is 9.53 Å². The molecule has 17 heavy (non-hydrogen) atoms. The van der Waals surface area contributed by atoms with Gasteiger partial charge in [0, 0.05) is 19.3 Å². The van der Waals surface area contributed by atoms with Crippen LogP contribution in [-0.4, -0.2) is 12.6 Å². The molecule has 0 aliphatic rings. The molecule has 0 saturated carbocycles. The third-order valence-corrected chi connectivity index (χ3v) is 2.62. The first kappa shape index (κ1) is 15.4. The minimum absolute atomic E-state index is 0.211. The lowest BCUT2D eigenvalue weighted by Crippen LogP contribution is -1.95. The van der Waals surface area contributed by atoms with Gasteiger partial charge >= 0.3 is 5.97 Å². The van der Waals surface area contributed by atoms with Crippen molar-refractivity contribution in [2.75, 3.05) is 6.61 Å². The number of nitrogens with zero attached hydrogens (tertiary/aromatic N) is 1. The fraction of sp³-hybridized carbons (Fsp3) is 0.385. The molecule has 4 heteroatoms. The molecule has 0 N–H and O–H groups in total. The van der Waals surface area contributed by atoms with E-state index in [-0.39, 0.29) is 11.9 Å². The average Bonchev–Trinajstić information content (AvgIpc) is 2.80. The summed E-state index contributed by atoms with van der Waals surface area (Å²) in [6.07, 6.45) is 2.35. The third-order valence-electron chi connectivity index (χ3n) is 1.91. The van der Waals surface area contributed by atoms with Gasteiger partial charge < -0.3 is 4.74 Å². The van der Waals surface area contributed by atoms with Crippen molar-refractivity contribution in [3.05, 3.63) is 35.0 Å². The lowest BCUT2D eigenvalue weighted by atomic mass is 10.00. The van der Waals surface area contributed by atoms with Gasteiger partial charge in [-0.3, -0.25) is 4.79 Å². The van der Waals surface area contributed by atoms with Crippen molar-refractivity contribution in [1.29, 1.82) is 5.26 Å². The molecule has 0 aliphatic heterocycles. The van der Waals surface area contributed by atoms with Crippen LogP contribution in [0.25, 0.3) is 0 Å². The van der Waals surface area contributed by atoms with E-state index in [4.69, 9.17) is 5.26 Å². The molecule has 0 aromatic carbocycles. The number of hydrogen-bond acceptors (Lipinski definition) is 4. The van der Waals surface area contributed by atoms with Crippen molar-refractivity contribution < 1.29 is 9.53 Å². The second-order valence-corrected chi connectivity index (χ2v) is 3.97. The highest BCUT2D eigenvalue weighted by Crippen LogP contribution is 2.22. The summed E-state index contributed by atoms with van der Waals surface area (Å²) in [5.41, 5.74) is 1.20. The monoisotopic (exact) mass is 251 g/mol. The molecule has 0 radical (unpaired) electrons. The van der Waals surface area contributed by atoms with Crippen LogP contribution in [0.1, 0.15) is 31.7 Å². The molecule has 0 fully saturated rings. The van der Waals surface area contributed by atoms with Crippen LogP contribution < -0.4 is 0 Å². The first-order valence-corrected chi connectivity index (χ1v) is 6.24. The number of rotatable bonds is 4. The molecular formula is C13H17NO2S. The maximum Gasteiger partial charge on any atom is 0.302 e. The summed E-state index contributed by atoms with van der Waals surface area (Å²) in [4.78, 5) is 9.82. The third kappa shape index (κ3) is 7.31. The number of thiophene rings is 1. The molecule has 0 saturated heterocycles. The normalized spacial score (nSPS) is 10.4. The Kier molecular flexibility index (Phi) is 8.71. The smallest absolute Gasteiger partial charge is 0.302 e. The second kappa shape index (κ2) is 9.61. The second-order valence-electron chi connectivity index (χ2n) is 3.19. The number of nitriles is 1. The van der Waals surface area contributed by atoms with E-state index in [9.17, 15) is 4.79 Å². The van der Waals surface area contributed by atoms with Gasteiger partial charge in [0.25, 0.3) is 0 Å². The van der Waals surface area contributed by atoms with Gasteiger partial charge in [-0.15, -0.1) is 6.58 Å². The van der Waals surface area contributed by atoms with Crippen LogP contribution in [0.5, 0.6) is 0 Å². The van der Waals surface area contributed by atoms with Crippen LogP contribution in [0, 0.1) is 11.3 Å². The Bertz CT molecular complexity index is 365. The highest BCUT2D eigenvalue weighted by Gasteiger charge is 2.05. The number of ether oxygens (including phenoxy) is 1. The van der Waals surface area contributed by atoms with E-state index in [1.54, 1.807) is 18.3 Å². The molecule has 0 bridgehead atoms. The predicted octanol–water partition coefficient (Wildman–Crippen LogP) is 3.50. The molecule has 1 rings (SSSR count). The predicted molar refractivity (Wildman–Crippen MR) is 69.8 cm³/mol. The SMILES string of the molecule is C=CC(CC#N)c1ccsc1.CCOC(C)=O. The van der Waals surface area contributed by atoms with E-state index in [0.29, 0.717) is 13.0 Å². The zero-order chi connectivity index (χ0) is 13.1. The Morgan fingerprint density at radius 2 is 2.47 bits per heavy atom. The van der Waals surface area contributed by atoms with Crippen LogP contribution in [0.2, 0.25) is 0 Å². The number of carbonyl (C=O) groups excluding carboxylic acids is 1. The summed E-state index contributed by atoms with van der Waals surface area (Å²) in [6, 6.07) is 4.18. The summed E-state index contributed by atoms with van der Waals surface area (Å²) in [5, 5.41) is 12.5. The van der Waals surface area contributed by atoms with Crippen molar-refractivity contribution in [1.82, 2.24) is 0 Å². The van der Waals surface area contributed by atoms with Crippen molar-refractivity contribution in [2.24, 2.45) is 0 Å². The summed E-state index contributed by atoms with van der Waals surface area (Å²) in [7, 11) is 0. The Labute approximate surface area is 106 Å². The molecule has 1 heterocycles. The minimum Gasteiger partial charge on any atom is -0.466 e. The quantitative estimate of drug-likeness (QED) is 0.608. The molecule has 1 atom stereocenters. The molecule has 92 valence electrons. The topological polar surface area (TPSA) is 50.1 Å². The van der Waals surface area contributed by atoms with Gasteiger partial charge in [-0.1, -0.05) is 6.08 Å². The fourth-order valence-electron chi connectivity index (χ4n) is 1.12. The van der Waals surface area contributed by atoms with Gasteiger partial charge in [0.1, 0.15) is 0 Å². The highest BCUT2D eigenvalue weighted by atomic mass is 32.1. The Morgan fingerprint density at radius 3 is 2.76 bits per heavy atom. The lowest BCUT2D eigenvalue weighted by Gasteiger charge is -2.03. The van der Waals surface area contributed by atoms with Gasteiger partial charge in [0.15, 0.2) is 0 Å². The van der Waals surface area contributed by atoms with Crippen molar-refractivity contribution >= 4 is 17.3 Å². The zero-order valence-corrected chi connectivity index (χ0v) is 11.0. The lowest BCUT2D eigenvalue weighted by molar-refractivity contribution is -0.140. The maximum atomic E-state index is 9.82. The van der Waals surface area contributed by atoms with Crippen LogP contribution in [0.3, 0.4) is 0 Å². The van der Waals surface area contributed by atoms with E-state index in [1.807, 2.05) is 17.5 Å². The summed E-state index contributed by atoms with van der Waals surface area (Å²) >= 11 is 1.65. The fourth-order valence-corrected chi connectivity index (χ4v) is 1.85. The van der Waals surface area contributed by atoms with E-state index < -0.39 is 0 Å². The molecule has 0 amide bonds. The number of hydrogen-bond donors (Lipinski definition) is 0. The van der Waals surface area contributed by atoms with E-state index >= 15 is 0 Å². The molecule has 0 aliphatic carbocycles. The minimum atomic E-state index is -0.211. The summed E-state index contributed by atoms with van der Waals surface area (Å²) < 4.78 is 4.40. The first-order chi connectivity index (χ1) is 8.15. The van der Waals surface area contributed by atoms with Gasteiger partial charge in [-0.25, -0.2) is 0 Å². The van der Waals surface area contributed by atoms with Gasteiger partial charge in [-0.2, -0.15) is 16.6 Å². The molecule has 1 unspecified atom stereocenters. The number of esters is 1. The molecule has 3 nitrogen and oxygen atoms in total. The van der Waals surface area contributed by atoms with Crippen LogP contribution in [0.4, 0.5) is 0 Å². The maximum absolute atomic E-state index is 9.82. The van der Waals surface area contributed by atoms with Crippen molar-refractivity contribution in [3.63, 3.8) is 0 Å². The van der Waals surface area contributed by atoms with Crippen LogP contribution >= 0.6 is 11.3 Å². The zero-order valence-electron chi connectivity index (χ0n) is 10.2. The summed E-state index contributed by atoms with van der Waals surface area (Å²) in [6.45, 7) is 7.34. The Morgan fingerprint density at radius 1 is 1.76 bits per heavy atom. The van der Waals surface area contributed by atoms with E-state index in [1.165, 1.54) is 12.5 Å². The molecule has 1 aromatic heterocycles. The summed E-state index contributed by atoms with van der Waals surface area (Å²) in [5.74, 6) is 0.00347.